The lowest BCUT2D eigenvalue weighted by Crippen LogP contribution is -2.15. The first-order valence-electron chi connectivity index (χ1n) is 7.61. The summed E-state index contributed by atoms with van der Waals surface area (Å²) in [6.45, 7) is 4.04. The van der Waals surface area contributed by atoms with Gasteiger partial charge in [-0.3, -0.25) is 0 Å². The van der Waals surface area contributed by atoms with E-state index >= 15 is 0 Å². The topological polar surface area (TPSA) is 42.7 Å². The van der Waals surface area contributed by atoms with Gasteiger partial charge in [0, 0.05) is 18.7 Å². The molecule has 1 aliphatic heterocycles. The Labute approximate surface area is 120 Å². The van der Waals surface area contributed by atoms with Crippen molar-refractivity contribution in [2.45, 2.75) is 52.1 Å². The first-order valence-corrected chi connectivity index (χ1v) is 7.61. The molecule has 3 rings (SSSR count). The highest BCUT2D eigenvalue weighted by Gasteiger charge is 2.15. The van der Waals surface area contributed by atoms with Gasteiger partial charge in [0.15, 0.2) is 5.82 Å². The highest BCUT2D eigenvalue weighted by molar-refractivity contribution is 5.51. The zero-order valence-corrected chi connectivity index (χ0v) is 12.1. The molecule has 0 fully saturated rings. The molecule has 0 atom stereocenters. The number of aromatic nitrogens is 3. The van der Waals surface area contributed by atoms with Crippen molar-refractivity contribution in [1.29, 1.82) is 0 Å². The molecule has 1 aliphatic rings. The van der Waals surface area contributed by atoms with E-state index in [0.29, 0.717) is 0 Å². The van der Waals surface area contributed by atoms with Gasteiger partial charge in [0.2, 0.25) is 0 Å². The van der Waals surface area contributed by atoms with Gasteiger partial charge in [-0.2, -0.15) is 0 Å². The van der Waals surface area contributed by atoms with E-state index < -0.39 is 0 Å². The highest BCUT2D eigenvalue weighted by Crippen LogP contribution is 2.19. The fourth-order valence-corrected chi connectivity index (χ4v) is 2.85. The molecule has 1 aromatic carbocycles. The number of anilines is 1. The third-order valence-corrected chi connectivity index (χ3v) is 3.91. The van der Waals surface area contributed by atoms with Crippen molar-refractivity contribution >= 4 is 5.69 Å². The Morgan fingerprint density at radius 1 is 1.20 bits per heavy atom. The second kappa shape index (κ2) is 6.07. The zero-order valence-electron chi connectivity index (χ0n) is 12.1. The van der Waals surface area contributed by atoms with E-state index in [2.05, 4.69) is 51.3 Å². The van der Waals surface area contributed by atoms with Gasteiger partial charge in [0.05, 0.1) is 6.54 Å². The molecule has 2 heterocycles. The maximum Gasteiger partial charge on any atom is 0.152 e. The van der Waals surface area contributed by atoms with Crippen LogP contribution in [0.1, 0.15) is 43.4 Å². The molecule has 2 aromatic rings. The average Bonchev–Trinajstić information content (AvgIpc) is 2.90. The molecule has 20 heavy (non-hydrogen) atoms. The van der Waals surface area contributed by atoms with Crippen molar-refractivity contribution in [3.8, 4) is 0 Å². The SMILES string of the molecule is CCCc1ccccc1NCc1nnc2n1CCCC2. The first-order chi connectivity index (χ1) is 9.88. The van der Waals surface area contributed by atoms with Crippen molar-refractivity contribution in [2.24, 2.45) is 0 Å². The fraction of sp³-hybridized carbons (Fsp3) is 0.500. The second-order valence-corrected chi connectivity index (χ2v) is 5.40. The zero-order chi connectivity index (χ0) is 13.8. The van der Waals surface area contributed by atoms with E-state index in [1.807, 2.05) is 0 Å². The predicted octanol–water partition coefficient (Wildman–Crippen LogP) is 3.18. The lowest BCUT2D eigenvalue weighted by atomic mass is 10.1. The number of rotatable bonds is 5. The van der Waals surface area contributed by atoms with E-state index in [4.69, 9.17) is 0 Å². The molecular formula is C16H22N4. The molecule has 4 nitrogen and oxygen atoms in total. The van der Waals surface area contributed by atoms with Crippen LogP contribution in [0.3, 0.4) is 0 Å². The minimum Gasteiger partial charge on any atom is -0.378 e. The van der Waals surface area contributed by atoms with Crippen LogP contribution in [-0.4, -0.2) is 14.8 Å². The van der Waals surface area contributed by atoms with Gasteiger partial charge in [0.1, 0.15) is 5.82 Å². The van der Waals surface area contributed by atoms with Crippen LogP contribution in [0, 0.1) is 0 Å². The standard InChI is InChI=1S/C16H22N4/c1-2-7-13-8-3-4-9-14(13)17-12-16-19-18-15-10-5-6-11-20(15)16/h3-4,8-9,17H,2,5-7,10-12H2,1H3. The molecule has 0 radical (unpaired) electrons. The minimum absolute atomic E-state index is 0.758. The molecule has 4 heteroatoms. The molecule has 0 spiro atoms. The van der Waals surface area contributed by atoms with E-state index in [9.17, 15) is 0 Å². The largest absolute Gasteiger partial charge is 0.378 e. The molecule has 0 bridgehead atoms. The Morgan fingerprint density at radius 2 is 2.10 bits per heavy atom. The van der Waals surface area contributed by atoms with Crippen molar-refractivity contribution in [3.05, 3.63) is 41.5 Å². The monoisotopic (exact) mass is 270 g/mol. The van der Waals surface area contributed by atoms with Gasteiger partial charge in [-0.15, -0.1) is 10.2 Å². The number of aryl methyl sites for hydroxylation is 2. The summed E-state index contributed by atoms with van der Waals surface area (Å²) < 4.78 is 2.28. The number of nitrogens with zero attached hydrogens (tertiary/aromatic N) is 3. The number of benzene rings is 1. The average molecular weight is 270 g/mol. The molecule has 1 N–H and O–H groups in total. The van der Waals surface area contributed by atoms with Crippen molar-refractivity contribution in [2.75, 3.05) is 5.32 Å². The summed E-state index contributed by atoms with van der Waals surface area (Å²) >= 11 is 0. The van der Waals surface area contributed by atoms with E-state index in [0.717, 1.165) is 37.6 Å². The number of hydrogen-bond acceptors (Lipinski definition) is 3. The maximum absolute atomic E-state index is 4.34. The quantitative estimate of drug-likeness (QED) is 0.907. The Morgan fingerprint density at radius 3 is 3.00 bits per heavy atom. The van der Waals surface area contributed by atoms with Gasteiger partial charge in [0.25, 0.3) is 0 Å². The number of nitrogens with one attached hydrogen (secondary N) is 1. The summed E-state index contributed by atoms with van der Waals surface area (Å²) in [6, 6.07) is 8.54. The van der Waals surface area contributed by atoms with Crippen LogP contribution < -0.4 is 5.32 Å². The van der Waals surface area contributed by atoms with Crippen LogP contribution in [0.15, 0.2) is 24.3 Å². The smallest absolute Gasteiger partial charge is 0.152 e. The normalized spacial score (nSPS) is 14.1. The predicted molar refractivity (Wildman–Crippen MR) is 80.7 cm³/mol. The van der Waals surface area contributed by atoms with Gasteiger partial charge in [-0.1, -0.05) is 31.5 Å². The lowest BCUT2D eigenvalue weighted by molar-refractivity contribution is 0.510. The van der Waals surface area contributed by atoms with Gasteiger partial charge in [-0.25, -0.2) is 0 Å². The van der Waals surface area contributed by atoms with Gasteiger partial charge < -0.3 is 9.88 Å². The summed E-state index contributed by atoms with van der Waals surface area (Å²) in [5.74, 6) is 2.21. The van der Waals surface area contributed by atoms with Crippen molar-refractivity contribution in [3.63, 3.8) is 0 Å². The molecule has 1 aromatic heterocycles. The van der Waals surface area contributed by atoms with Crippen LogP contribution in [0.25, 0.3) is 0 Å². The summed E-state index contributed by atoms with van der Waals surface area (Å²) in [7, 11) is 0. The lowest BCUT2D eigenvalue weighted by Gasteiger charge is -2.16. The van der Waals surface area contributed by atoms with Crippen LogP contribution in [0.2, 0.25) is 0 Å². The Kier molecular flexibility index (Phi) is 4.00. The molecule has 0 unspecified atom stereocenters. The van der Waals surface area contributed by atoms with Gasteiger partial charge >= 0.3 is 0 Å². The van der Waals surface area contributed by atoms with Crippen LogP contribution in [0.4, 0.5) is 5.69 Å². The first kappa shape index (κ1) is 13.2. The summed E-state index contributed by atoms with van der Waals surface area (Å²) in [5.41, 5.74) is 2.61. The van der Waals surface area contributed by atoms with E-state index in [1.54, 1.807) is 0 Å². The van der Waals surface area contributed by atoms with E-state index in [1.165, 1.54) is 30.5 Å². The van der Waals surface area contributed by atoms with Crippen molar-refractivity contribution in [1.82, 2.24) is 14.8 Å². The van der Waals surface area contributed by atoms with Crippen LogP contribution in [-0.2, 0) is 25.9 Å². The second-order valence-electron chi connectivity index (χ2n) is 5.40. The van der Waals surface area contributed by atoms with Crippen LogP contribution in [0.5, 0.6) is 0 Å². The number of hydrogen-bond donors (Lipinski definition) is 1. The molecular weight excluding hydrogens is 248 g/mol. The minimum atomic E-state index is 0.758. The Bertz CT molecular complexity index is 574. The summed E-state index contributed by atoms with van der Waals surface area (Å²) in [6.07, 6.45) is 5.83. The summed E-state index contributed by atoms with van der Waals surface area (Å²) in [5, 5.41) is 12.2. The number of fused-ring (bicyclic) bond motifs is 1. The maximum atomic E-state index is 4.34. The fourth-order valence-electron chi connectivity index (χ4n) is 2.85. The third kappa shape index (κ3) is 2.69. The molecule has 0 amide bonds. The number of para-hydroxylation sites is 1. The molecule has 106 valence electrons. The highest BCUT2D eigenvalue weighted by atomic mass is 15.3. The van der Waals surface area contributed by atoms with Crippen molar-refractivity contribution < 1.29 is 0 Å². The van der Waals surface area contributed by atoms with E-state index in [-0.39, 0.29) is 0 Å². The molecule has 0 saturated carbocycles. The molecule has 0 saturated heterocycles. The summed E-state index contributed by atoms with van der Waals surface area (Å²) in [4.78, 5) is 0. The Balaban J connectivity index is 1.72. The Hall–Kier alpha value is -1.84. The molecule has 0 aliphatic carbocycles. The van der Waals surface area contributed by atoms with Gasteiger partial charge in [-0.05, 0) is 30.9 Å². The van der Waals surface area contributed by atoms with Crippen LogP contribution >= 0.6 is 0 Å². The third-order valence-electron chi connectivity index (χ3n) is 3.91.